The first-order chi connectivity index (χ1) is 10.1. The van der Waals surface area contributed by atoms with Gasteiger partial charge in [0, 0.05) is 17.1 Å². The summed E-state index contributed by atoms with van der Waals surface area (Å²) in [5.74, 6) is 0.330. The first-order valence-corrected chi connectivity index (χ1v) is 8.72. The van der Waals surface area contributed by atoms with E-state index in [1.165, 1.54) is 38.2 Å². The van der Waals surface area contributed by atoms with E-state index in [9.17, 15) is 4.39 Å². The van der Waals surface area contributed by atoms with Crippen LogP contribution in [0.4, 0.5) is 4.39 Å². The Kier molecular flexibility index (Phi) is 6.65. The molecule has 1 aromatic rings. The Morgan fingerprint density at radius 2 is 2.05 bits per heavy atom. The lowest BCUT2D eigenvalue weighted by atomic mass is 9.81. The molecule has 0 radical (unpaired) electrons. The van der Waals surface area contributed by atoms with Crippen molar-refractivity contribution in [1.82, 2.24) is 0 Å². The van der Waals surface area contributed by atoms with Crippen molar-refractivity contribution in [3.05, 3.63) is 34.1 Å². The molecule has 2 unspecified atom stereocenters. The lowest BCUT2D eigenvalue weighted by molar-refractivity contribution is -0.00925. The third-order valence-electron chi connectivity index (χ3n) is 4.36. The summed E-state index contributed by atoms with van der Waals surface area (Å²) in [6.45, 7) is 2.66. The Balaban J connectivity index is 2.06. The number of hydrogen-bond donors (Lipinski definition) is 1. The summed E-state index contributed by atoms with van der Waals surface area (Å²) in [7, 11) is 0. The number of ether oxygens (including phenoxy) is 1. The summed E-state index contributed by atoms with van der Waals surface area (Å²) in [6, 6.07) is 4.87. The normalized spacial score (nSPS) is 19.4. The predicted molar refractivity (Wildman–Crippen MR) is 87.8 cm³/mol. The van der Waals surface area contributed by atoms with Gasteiger partial charge in [-0.1, -0.05) is 35.2 Å². The van der Waals surface area contributed by atoms with E-state index in [0.717, 1.165) is 4.47 Å². The van der Waals surface area contributed by atoms with Crippen LogP contribution in [0.3, 0.4) is 0 Å². The van der Waals surface area contributed by atoms with Gasteiger partial charge >= 0.3 is 0 Å². The molecule has 1 aliphatic carbocycles. The minimum Gasteiger partial charge on any atom is -0.377 e. The third-order valence-corrected chi connectivity index (χ3v) is 4.85. The summed E-state index contributed by atoms with van der Waals surface area (Å²) < 4.78 is 20.7. The Bertz CT molecular complexity index is 448. The van der Waals surface area contributed by atoms with Crippen LogP contribution in [0.5, 0.6) is 0 Å². The van der Waals surface area contributed by atoms with Gasteiger partial charge in [0.15, 0.2) is 0 Å². The molecule has 4 heteroatoms. The van der Waals surface area contributed by atoms with Crippen LogP contribution in [0, 0.1) is 11.7 Å². The quantitative estimate of drug-likeness (QED) is 0.816. The molecule has 2 N–H and O–H groups in total. The Morgan fingerprint density at radius 1 is 1.33 bits per heavy atom. The lowest BCUT2D eigenvalue weighted by Gasteiger charge is -2.34. The highest BCUT2D eigenvalue weighted by atomic mass is 79.9. The molecule has 1 saturated carbocycles. The number of rotatable bonds is 6. The summed E-state index contributed by atoms with van der Waals surface area (Å²) in [6.07, 6.45) is 6.74. The molecule has 0 aromatic heterocycles. The molecule has 118 valence electrons. The van der Waals surface area contributed by atoms with Gasteiger partial charge in [0.2, 0.25) is 0 Å². The molecule has 0 saturated heterocycles. The molecular formula is C17H25BrFNO. The van der Waals surface area contributed by atoms with E-state index in [0.29, 0.717) is 24.5 Å². The maximum absolute atomic E-state index is 13.9. The van der Waals surface area contributed by atoms with Crippen LogP contribution >= 0.6 is 15.9 Å². The monoisotopic (exact) mass is 357 g/mol. The summed E-state index contributed by atoms with van der Waals surface area (Å²) in [4.78, 5) is 0. The average molecular weight is 358 g/mol. The van der Waals surface area contributed by atoms with E-state index in [4.69, 9.17) is 10.5 Å². The summed E-state index contributed by atoms with van der Waals surface area (Å²) >= 11 is 3.39. The first-order valence-electron chi connectivity index (χ1n) is 7.93. The SMILES string of the molecule is CCOC(C(N)Cc1cc(Br)ccc1F)C1CCCCC1. The Hall–Kier alpha value is -0.450. The highest BCUT2D eigenvalue weighted by Gasteiger charge is 2.29. The van der Waals surface area contributed by atoms with Crippen molar-refractivity contribution in [2.24, 2.45) is 11.7 Å². The van der Waals surface area contributed by atoms with Gasteiger partial charge in [-0.05, 0) is 55.9 Å². The maximum atomic E-state index is 13.9. The fourth-order valence-corrected chi connectivity index (χ4v) is 3.74. The lowest BCUT2D eigenvalue weighted by Crippen LogP contribution is -2.44. The van der Waals surface area contributed by atoms with E-state index < -0.39 is 0 Å². The molecule has 1 aromatic carbocycles. The molecule has 21 heavy (non-hydrogen) atoms. The molecule has 0 bridgehead atoms. The van der Waals surface area contributed by atoms with E-state index in [2.05, 4.69) is 15.9 Å². The van der Waals surface area contributed by atoms with Crippen LogP contribution in [0.2, 0.25) is 0 Å². The molecule has 2 rings (SSSR count). The topological polar surface area (TPSA) is 35.2 Å². The second kappa shape index (κ2) is 8.25. The van der Waals surface area contributed by atoms with Gasteiger partial charge < -0.3 is 10.5 Å². The van der Waals surface area contributed by atoms with Crippen molar-refractivity contribution in [3.8, 4) is 0 Å². The van der Waals surface area contributed by atoms with E-state index >= 15 is 0 Å². The highest BCUT2D eigenvalue weighted by molar-refractivity contribution is 9.10. The number of halogens is 2. The average Bonchev–Trinajstić information content (AvgIpc) is 2.49. The minimum absolute atomic E-state index is 0.0358. The van der Waals surface area contributed by atoms with Gasteiger partial charge in [0.25, 0.3) is 0 Å². The maximum Gasteiger partial charge on any atom is 0.126 e. The molecule has 0 heterocycles. The second-order valence-corrected chi connectivity index (χ2v) is 6.84. The Morgan fingerprint density at radius 3 is 2.71 bits per heavy atom. The molecule has 0 amide bonds. The van der Waals surface area contributed by atoms with Gasteiger partial charge in [-0.3, -0.25) is 0 Å². The van der Waals surface area contributed by atoms with Crippen molar-refractivity contribution in [3.63, 3.8) is 0 Å². The van der Waals surface area contributed by atoms with Crippen LogP contribution < -0.4 is 5.73 Å². The minimum atomic E-state index is -0.187. The highest BCUT2D eigenvalue weighted by Crippen LogP contribution is 2.30. The molecule has 2 nitrogen and oxygen atoms in total. The van der Waals surface area contributed by atoms with Crippen molar-refractivity contribution >= 4 is 15.9 Å². The van der Waals surface area contributed by atoms with E-state index in [-0.39, 0.29) is 18.0 Å². The molecule has 1 fully saturated rings. The van der Waals surface area contributed by atoms with Crippen LogP contribution in [-0.4, -0.2) is 18.8 Å². The van der Waals surface area contributed by atoms with Crippen LogP contribution in [0.1, 0.15) is 44.6 Å². The zero-order valence-electron chi connectivity index (χ0n) is 12.7. The van der Waals surface area contributed by atoms with Crippen LogP contribution in [0.15, 0.2) is 22.7 Å². The summed E-state index contributed by atoms with van der Waals surface area (Å²) in [5.41, 5.74) is 7.04. The van der Waals surface area contributed by atoms with E-state index in [1.807, 2.05) is 13.0 Å². The standard InChI is InChI=1S/C17H25BrFNO/c1-2-21-17(12-6-4-3-5-7-12)16(20)11-13-10-14(18)8-9-15(13)19/h8-10,12,16-17H,2-7,11,20H2,1H3. The molecule has 0 spiro atoms. The second-order valence-electron chi connectivity index (χ2n) is 5.92. The number of nitrogens with two attached hydrogens (primary N) is 1. The molecular weight excluding hydrogens is 333 g/mol. The van der Waals surface area contributed by atoms with Crippen molar-refractivity contribution < 1.29 is 9.13 Å². The predicted octanol–water partition coefficient (Wildman–Crippen LogP) is 4.44. The zero-order chi connectivity index (χ0) is 15.2. The van der Waals surface area contributed by atoms with Gasteiger partial charge in [0.05, 0.1) is 6.10 Å². The largest absolute Gasteiger partial charge is 0.377 e. The fraction of sp³-hybridized carbons (Fsp3) is 0.647. The van der Waals surface area contributed by atoms with E-state index in [1.54, 1.807) is 6.07 Å². The number of benzene rings is 1. The van der Waals surface area contributed by atoms with Gasteiger partial charge in [-0.25, -0.2) is 4.39 Å². The van der Waals surface area contributed by atoms with Crippen LogP contribution in [-0.2, 0) is 11.2 Å². The molecule has 2 atom stereocenters. The van der Waals surface area contributed by atoms with Crippen molar-refractivity contribution in [1.29, 1.82) is 0 Å². The molecule has 1 aliphatic rings. The third kappa shape index (κ3) is 4.76. The molecule has 0 aliphatic heterocycles. The first kappa shape index (κ1) is 16.9. The zero-order valence-corrected chi connectivity index (χ0v) is 14.2. The van der Waals surface area contributed by atoms with Crippen molar-refractivity contribution in [2.45, 2.75) is 57.6 Å². The van der Waals surface area contributed by atoms with Gasteiger partial charge in [-0.15, -0.1) is 0 Å². The Labute approximate surface area is 135 Å². The van der Waals surface area contributed by atoms with Crippen LogP contribution in [0.25, 0.3) is 0 Å². The fourth-order valence-electron chi connectivity index (χ4n) is 3.33. The van der Waals surface area contributed by atoms with Gasteiger partial charge in [-0.2, -0.15) is 0 Å². The van der Waals surface area contributed by atoms with Gasteiger partial charge in [0.1, 0.15) is 5.82 Å². The summed E-state index contributed by atoms with van der Waals surface area (Å²) in [5, 5.41) is 0. The smallest absolute Gasteiger partial charge is 0.126 e. The number of hydrogen-bond acceptors (Lipinski definition) is 2. The van der Waals surface area contributed by atoms with Crippen molar-refractivity contribution in [2.75, 3.05) is 6.61 Å².